The van der Waals surface area contributed by atoms with Gasteiger partial charge >= 0.3 is 11.9 Å². The zero-order valence-electron chi connectivity index (χ0n) is 15.7. The molecule has 0 aromatic heterocycles. The molecular formula is C18H26Cl2N2O6. The fourth-order valence-corrected chi connectivity index (χ4v) is 3.24. The molecular weight excluding hydrogens is 411 g/mol. The summed E-state index contributed by atoms with van der Waals surface area (Å²) in [5.74, 6) is -3.54. The van der Waals surface area contributed by atoms with Crippen LogP contribution < -0.4 is 5.32 Å². The lowest BCUT2D eigenvalue weighted by atomic mass is 10.1. The van der Waals surface area contributed by atoms with Crippen LogP contribution in [0.5, 0.6) is 0 Å². The molecule has 0 spiro atoms. The Morgan fingerprint density at radius 1 is 1.18 bits per heavy atom. The van der Waals surface area contributed by atoms with Crippen molar-refractivity contribution in [1.82, 2.24) is 10.2 Å². The van der Waals surface area contributed by atoms with Gasteiger partial charge in [0.05, 0.1) is 0 Å². The molecule has 2 unspecified atom stereocenters. The van der Waals surface area contributed by atoms with Crippen LogP contribution in [0.2, 0.25) is 10.0 Å². The first kappa shape index (κ1) is 24.6. The number of nitrogens with one attached hydrogen (secondary N) is 1. The number of rotatable bonds is 7. The Kier molecular flexibility index (Phi) is 10.2. The molecule has 158 valence electrons. The SMILES string of the molecule is CC(C)N(Cc1ccc(Cl)cc1Cl)[C@H]1CCNC1.O=C(O)C(O)C(O)C(=O)O. The molecule has 1 saturated heterocycles. The van der Waals surface area contributed by atoms with Crippen LogP contribution in [0.1, 0.15) is 25.8 Å². The van der Waals surface area contributed by atoms with Crippen molar-refractivity contribution in [3.05, 3.63) is 33.8 Å². The van der Waals surface area contributed by atoms with Crippen molar-refractivity contribution in [2.75, 3.05) is 13.1 Å². The van der Waals surface area contributed by atoms with Gasteiger partial charge in [0.25, 0.3) is 0 Å². The number of halogens is 2. The van der Waals surface area contributed by atoms with E-state index in [0.717, 1.165) is 30.2 Å². The highest BCUT2D eigenvalue weighted by Gasteiger charge is 2.29. The van der Waals surface area contributed by atoms with Crippen molar-refractivity contribution in [2.24, 2.45) is 0 Å². The predicted octanol–water partition coefficient (Wildman–Crippen LogP) is 1.44. The van der Waals surface area contributed by atoms with E-state index in [4.69, 9.17) is 43.6 Å². The van der Waals surface area contributed by atoms with E-state index in [1.165, 1.54) is 6.42 Å². The summed E-state index contributed by atoms with van der Waals surface area (Å²) in [6.45, 7) is 7.55. The van der Waals surface area contributed by atoms with Gasteiger partial charge < -0.3 is 25.7 Å². The molecule has 0 amide bonds. The van der Waals surface area contributed by atoms with E-state index >= 15 is 0 Å². The maximum absolute atomic E-state index is 9.77. The standard InChI is InChI=1S/C14H20Cl2N2.C4H6O6/c1-10(2)18(13-5-6-17-8-13)9-11-3-4-12(15)7-14(11)16;5-1(3(7)8)2(6)4(9)10/h3-4,7,10,13,17H,5-6,8-9H2,1-2H3;1-2,5-6H,(H,7,8)(H,9,10)/t13-;/m0./s1. The summed E-state index contributed by atoms with van der Waals surface area (Å²) in [5, 5.41) is 37.4. The lowest BCUT2D eigenvalue weighted by Crippen LogP contribution is -2.41. The summed E-state index contributed by atoms with van der Waals surface area (Å²) in [6.07, 6.45) is -3.32. The number of carboxylic acid groups (broad SMARTS) is 2. The molecule has 0 radical (unpaired) electrons. The molecule has 1 aliphatic rings. The number of nitrogens with zero attached hydrogens (tertiary/aromatic N) is 1. The van der Waals surface area contributed by atoms with E-state index in [2.05, 4.69) is 24.1 Å². The molecule has 1 aromatic carbocycles. The molecule has 10 heteroatoms. The highest BCUT2D eigenvalue weighted by molar-refractivity contribution is 6.35. The smallest absolute Gasteiger partial charge is 0.335 e. The van der Waals surface area contributed by atoms with E-state index in [-0.39, 0.29) is 0 Å². The topological polar surface area (TPSA) is 130 Å². The fraction of sp³-hybridized carbons (Fsp3) is 0.556. The second kappa shape index (κ2) is 11.5. The number of aliphatic hydroxyl groups is 2. The average molecular weight is 437 g/mol. The van der Waals surface area contributed by atoms with Gasteiger partial charge in [-0.3, -0.25) is 4.90 Å². The van der Waals surface area contributed by atoms with E-state index in [0.29, 0.717) is 17.1 Å². The van der Waals surface area contributed by atoms with Gasteiger partial charge in [-0.25, -0.2) is 9.59 Å². The summed E-state index contributed by atoms with van der Waals surface area (Å²) in [5.41, 5.74) is 1.15. The third kappa shape index (κ3) is 7.54. The molecule has 0 saturated carbocycles. The lowest BCUT2D eigenvalue weighted by Gasteiger charge is -2.32. The largest absolute Gasteiger partial charge is 0.479 e. The maximum atomic E-state index is 9.77. The van der Waals surface area contributed by atoms with Crippen LogP contribution in [-0.4, -0.2) is 74.6 Å². The van der Waals surface area contributed by atoms with Crippen molar-refractivity contribution in [1.29, 1.82) is 0 Å². The summed E-state index contributed by atoms with van der Waals surface area (Å²) in [7, 11) is 0. The zero-order valence-corrected chi connectivity index (χ0v) is 17.2. The summed E-state index contributed by atoms with van der Waals surface area (Å²) in [6, 6.07) is 6.89. The fourth-order valence-electron chi connectivity index (χ4n) is 2.77. The molecule has 0 bridgehead atoms. The summed E-state index contributed by atoms with van der Waals surface area (Å²) < 4.78 is 0. The first-order chi connectivity index (χ1) is 13.0. The normalized spacial score (nSPS) is 18.5. The Balaban J connectivity index is 0.000000336. The van der Waals surface area contributed by atoms with Gasteiger partial charge in [0.2, 0.25) is 0 Å². The Labute approximate surface area is 173 Å². The van der Waals surface area contributed by atoms with Gasteiger partial charge in [-0.05, 0) is 44.5 Å². The minimum absolute atomic E-state index is 0.515. The monoisotopic (exact) mass is 436 g/mol. The number of hydrogen-bond donors (Lipinski definition) is 5. The minimum atomic E-state index is -2.27. The van der Waals surface area contributed by atoms with Crippen LogP contribution in [0.25, 0.3) is 0 Å². The van der Waals surface area contributed by atoms with Crippen molar-refractivity contribution in [3.63, 3.8) is 0 Å². The lowest BCUT2D eigenvalue weighted by molar-refractivity contribution is -0.165. The van der Waals surface area contributed by atoms with Crippen LogP contribution >= 0.6 is 23.2 Å². The second-order valence-electron chi connectivity index (χ2n) is 6.71. The van der Waals surface area contributed by atoms with Crippen molar-refractivity contribution >= 4 is 35.1 Å². The molecule has 0 aliphatic carbocycles. The highest BCUT2D eigenvalue weighted by Crippen LogP contribution is 2.24. The summed E-state index contributed by atoms with van der Waals surface area (Å²) >= 11 is 12.2. The van der Waals surface area contributed by atoms with Gasteiger partial charge in [-0.1, -0.05) is 29.3 Å². The van der Waals surface area contributed by atoms with Crippen molar-refractivity contribution in [2.45, 2.75) is 51.1 Å². The highest BCUT2D eigenvalue weighted by atomic mass is 35.5. The minimum Gasteiger partial charge on any atom is -0.479 e. The van der Waals surface area contributed by atoms with Crippen molar-refractivity contribution < 1.29 is 30.0 Å². The molecule has 1 fully saturated rings. The molecule has 28 heavy (non-hydrogen) atoms. The van der Waals surface area contributed by atoms with Crippen LogP contribution in [0.4, 0.5) is 0 Å². The Morgan fingerprint density at radius 2 is 1.75 bits per heavy atom. The van der Waals surface area contributed by atoms with Crippen molar-refractivity contribution in [3.8, 4) is 0 Å². The molecule has 3 atom stereocenters. The van der Waals surface area contributed by atoms with Crippen LogP contribution in [0, 0.1) is 0 Å². The van der Waals surface area contributed by atoms with E-state index in [9.17, 15) is 9.59 Å². The summed E-state index contributed by atoms with van der Waals surface area (Å²) in [4.78, 5) is 22.1. The molecule has 8 nitrogen and oxygen atoms in total. The van der Waals surface area contributed by atoms with E-state index in [1.54, 1.807) is 0 Å². The van der Waals surface area contributed by atoms with Crippen LogP contribution in [-0.2, 0) is 16.1 Å². The van der Waals surface area contributed by atoms with Gasteiger partial charge in [-0.2, -0.15) is 0 Å². The number of benzene rings is 1. The number of aliphatic hydroxyl groups excluding tert-OH is 2. The number of hydrogen-bond acceptors (Lipinski definition) is 6. The van der Waals surface area contributed by atoms with Gasteiger partial charge in [0.1, 0.15) is 0 Å². The zero-order chi connectivity index (χ0) is 21.4. The molecule has 1 aliphatic heterocycles. The second-order valence-corrected chi connectivity index (χ2v) is 7.56. The number of carboxylic acids is 2. The van der Waals surface area contributed by atoms with E-state index in [1.807, 2.05) is 18.2 Å². The number of aliphatic carboxylic acids is 2. The Bertz CT molecular complexity index is 649. The molecule has 1 heterocycles. The van der Waals surface area contributed by atoms with E-state index < -0.39 is 24.1 Å². The third-order valence-corrected chi connectivity index (χ3v) is 4.93. The quantitative estimate of drug-likeness (QED) is 0.433. The molecule has 5 N–H and O–H groups in total. The first-order valence-electron chi connectivity index (χ1n) is 8.76. The van der Waals surface area contributed by atoms with Gasteiger partial charge in [-0.15, -0.1) is 0 Å². The predicted molar refractivity (Wildman–Crippen MR) is 106 cm³/mol. The van der Waals surface area contributed by atoms with Crippen LogP contribution in [0.3, 0.4) is 0 Å². The molecule has 2 rings (SSSR count). The third-order valence-electron chi connectivity index (χ3n) is 4.34. The average Bonchev–Trinajstić information content (AvgIpc) is 3.14. The maximum Gasteiger partial charge on any atom is 0.335 e. The van der Waals surface area contributed by atoms with Crippen LogP contribution in [0.15, 0.2) is 18.2 Å². The van der Waals surface area contributed by atoms with Gasteiger partial charge in [0.15, 0.2) is 12.2 Å². The van der Waals surface area contributed by atoms with Gasteiger partial charge in [0, 0.05) is 35.2 Å². The first-order valence-corrected chi connectivity index (χ1v) is 9.52. The molecule has 1 aromatic rings. The Hall–Kier alpha value is -1.42. The number of carbonyl (C=O) groups is 2. The Morgan fingerprint density at radius 3 is 2.14 bits per heavy atom.